The number of unbranched alkanes of at least 4 members (excludes halogenated alkanes) is 22. The number of hydrogen-bond donors (Lipinski definition) is 0. The summed E-state index contributed by atoms with van der Waals surface area (Å²) < 4.78 is 0. The van der Waals surface area contributed by atoms with Crippen LogP contribution < -0.4 is 0 Å². The third-order valence-corrected chi connectivity index (χ3v) is 5.91. The van der Waals surface area contributed by atoms with Gasteiger partial charge in [-0.05, 0) is 25.7 Å². The molecule has 0 saturated heterocycles. The zero-order chi connectivity index (χ0) is 20.4. The minimum absolute atomic E-state index is 1.12. The molecule has 0 saturated carbocycles. The monoisotopic (exact) mass is 390 g/mol. The zero-order valence-corrected chi connectivity index (χ0v) is 19.5. The third kappa shape index (κ3) is 25.7. The van der Waals surface area contributed by atoms with Crippen molar-refractivity contribution in [2.24, 2.45) is 0 Å². The predicted molar refractivity (Wildman–Crippen MR) is 131 cm³/mol. The topological polar surface area (TPSA) is 0 Å². The summed E-state index contributed by atoms with van der Waals surface area (Å²) in [5.41, 5.74) is 0. The maximum Gasteiger partial charge on any atom is -0.0351 e. The molecule has 0 aromatic heterocycles. The van der Waals surface area contributed by atoms with E-state index < -0.39 is 0 Å². The Morgan fingerprint density at radius 1 is 0.286 bits per heavy atom. The van der Waals surface area contributed by atoms with Gasteiger partial charge in [-0.15, -0.1) is 0 Å². The lowest BCUT2D eigenvalue weighted by Crippen LogP contribution is -1.82. The van der Waals surface area contributed by atoms with E-state index in [1.165, 1.54) is 141 Å². The van der Waals surface area contributed by atoms with Crippen molar-refractivity contribution in [2.45, 2.75) is 154 Å². The molecule has 0 amide bonds. The van der Waals surface area contributed by atoms with Crippen LogP contribution in [0.25, 0.3) is 0 Å². The van der Waals surface area contributed by atoms with Gasteiger partial charge in [-0.2, -0.15) is 0 Å². The summed E-state index contributed by atoms with van der Waals surface area (Å²) in [6, 6.07) is 0. The largest absolute Gasteiger partial charge is 0.0885 e. The van der Waals surface area contributed by atoms with E-state index in [0.29, 0.717) is 0 Å². The Morgan fingerprint density at radius 2 is 0.500 bits per heavy atom. The zero-order valence-electron chi connectivity index (χ0n) is 19.5. The van der Waals surface area contributed by atoms with Gasteiger partial charge in [0.05, 0.1) is 0 Å². The predicted octanol–water partition coefficient (Wildman–Crippen LogP) is 10.6. The van der Waals surface area contributed by atoms with E-state index in [-0.39, 0.29) is 0 Å². The molecule has 0 fully saturated rings. The van der Waals surface area contributed by atoms with Crippen LogP contribution in [0.1, 0.15) is 154 Å². The van der Waals surface area contributed by atoms with Crippen molar-refractivity contribution in [3.8, 4) is 0 Å². The molecule has 0 rings (SSSR count). The highest BCUT2D eigenvalue weighted by Gasteiger charge is 1.94. The van der Waals surface area contributed by atoms with E-state index in [9.17, 15) is 0 Å². The van der Waals surface area contributed by atoms with Crippen LogP contribution in [-0.4, -0.2) is 0 Å². The van der Waals surface area contributed by atoms with Crippen LogP contribution in [0.2, 0.25) is 0 Å². The van der Waals surface area contributed by atoms with Crippen molar-refractivity contribution >= 4 is 0 Å². The summed E-state index contributed by atoms with van der Waals surface area (Å²) in [6.07, 6.45) is 38.2. The fourth-order valence-electron chi connectivity index (χ4n) is 3.94. The molecule has 0 aromatic carbocycles. The van der Waals surface area contributed by atoms with Gasteiger partial charge in [-0.1, -0.05) is 154 Å². The van der Waals surface area contributed by atoms with Crippen LogP contribution in [0.4, 0.5) is 0 Å². The first-order chi connectivity index (χ1) is 13.9. The summed E-state index contributed by atoms with van der Waals surface area (Å²) in [5.74, 6) is 0. The number of allylic oxidation sites excluding steroid dienone is 2. The fourth-order valence-corrected chi connectivity index (χ4v) is 3.94. The second kappa shape index (κ2) is 26.7. The molecule has 0 atom stereocenters. The lowest BCUT2D eigenvalue weighted by Gasteiger charge is -2.02. The Balaban J connectivity index is 3.05. The molecule has 28 heavy (non-hydrogen) atoms. The molecule has 0 spiro atoms. The second-order valence-corrected chi connectivity index (χ2v) is 8.83. The quantitative estimate of drug-likeness (QED) is 0.113. The smallest absolute Gasteiger partial charge is 0.0351 e. The first-order valence-corrected chi connectivity index (χ1v) is 13.1. The molecule has 166 valence electrons. The Kier molecular flexibility index (Phi) is 26.5. The molecule has 0 unspecified atom stereocenters. The van der Waals surface area contributed by atoms with Gasteiger partial charge in [0, 0.05) is 0 Å². The Bertz CT molecular complexity index is 278. The van der Waals surface area contributed by atoms with Gasteiger partial charge in [0.1, 0.15) is 0 Å². The van der Waals surface area contributed by atoms with Gasteiger partial charge < -0.3 is 0 Å². The van der Waals surface area contributed by atoms with E-state index in [4.69, 9.17) is 0 Å². The Morgan fingerprint density at radius 3 is 0.750 bits per heavy atom. The Labute approximate surface area is 180 Å². The molecule has 0 N–H and O–H groups in total. The molecule has 2 radical (unpaired) electrons. The minimum Gasteiger partial charge on any atom is -0.0885 e. The molecule has 0 nitrogen and oxygen atoms in total. The molecule has 0 aliphatic carbocycles. The van der Waals surface area contributed by atoms with Crippen LogP contribution >= 0.6 is 0 Å². The summed E-state index contributed by atoms with van der Waals surface area (Å²) >= 11 is 0. The second-order valence-electron chi connectivity index (χ2n) is 8.83. The van der Waals surface area contributed by atoms with Gasteiger partial charge in [0.15, 0.2) is 0 Å². The summed E-state index contributed by atoms with van der Waals surface area (Å²) in [7, 11) is 0. The first-order valence-electron chi connectivity index (χ1n) is 13.1. The normalized spacial score (nSPS) is 11.6. The van der Waals surface area contributed by atoms with Crippen molar-refractivity contribution in [3.05, 3.63) is 26.0 Å². The van der Waals surface area contributed by atoms with Gasteiger partial charge in [-0.3, -0.25) is 0 Å². The van der Waals surface area contributed by atoms with E-state index in [0.717, 1.165) is 12.8 Å². The standard InChI is InChI=1S/C28H54/c1-3-5-7-9-11-13-15-17-19-21-23-25-27-28-26-24-22-20-18-16-14-12-10-8-6-4-2/h25,27H,1-24,26,28H2/b27-25+. The molecular formula is C28H54. The minimum atomic E-state index is 1.12. The molecule has 0 aliphatic heterocycles. The van der Waals surface area contributed by atoms with Crippen molar-refractivity contribution in [1.82, 2.24) is 0 Å². The van der Waals surface area contributed by atoms with E-state index in [2.05, 4.69) is 26.0 Å². The van der Waals surface area contributed by atoms with Crippen LogP contribution in [-0.2, 0) is 0 Å². The van der Waals surface area contributed by atoms with Gasteiger partial charge in [0.2, 0.25) is 0 Å². The molecule has 0 heterocycles. The van der Waals surface area contributed by atoms with Gasteiger partial charge in [0.25, 0.3) is 0 Å². The lowest BCUT2D eigenvalue weighted by atomic mass is 10.0. The van der Waals surface area contributed by atoms with Crippen LogP contribution in [0.15, 0.2) is 12.2 Å². The van der Waals surface area contributed by atoms with Crippen molar-refractivity contribution in [2.75, 3.05) is 0 Å². The highest BCUT2D eigenvalue weighted by molar-refractivity contribution is 4.81. The summed E-state index contributed by atoms with van der Waals surface area (Å²) in [5, 5.41) is 0. The van der Waals surface area contributed by atoms with E-state index in [1.54, 1.807) is 0 Å². The average molecular weight is 391 g/mol. The SMILES string of the molecule is [CH2]CCCCCCCCCCC/C=C/CCCCCCCCCCCCC[CH2]. The van der Waals surface area contributed by atoms with Crippen molar-refractivity contribution < 1.29 is 0 Å². The summed E-state index contributed by atoms with van der Waals surface area (Å²) in [6.45, 7) is 7.82. The lowest BCUT2D eigenvalue weighted by molar-refractivity contribution is 0.547. The average Bonchev–Trinajstić information content (AvgIpc) is 2.71. The third-order valence-electron chi connectivity index (χ3n) is 5.91. The fraction of sp³-hybridized carbons (Fsp3) is 0.857. The highest BCUT2D eigenvalue weighted by atomic mass is 14.0. The summed E-state index contributed by atoms with van der Waals surface area (Å²) in [4.78, 5) is 0. The molecule has 0 aliphatic rings. The van der Waals surface area contributed by atoms with E-state index >= 15 is 0 Å². The number of rotatable bonds is 24. The maximum atomic E-state index is 3.91. The van der Waals surface area contributed by atoms with Gasteiger partial charge in [-0.25, -0.2) is 0 Å². The number of hydrogen-bond acceptors (Lipinski definition) is 0. The van der Waals surface area contributed by atoms with Crippen LogP contribution in [0.3, 0.4) is 0 Å². The molecule has 0 aromatic rings. The van der Waals surface area contributed by atoms with Crippen molar-refractivity contribution in [1.29, 1.82) is 0 Å². The highest BCUT2D eigenvalue weighted by Crippen LogP contribution is 2.13. The van der Waals surface area contributed by atoms with E-state index in [1.807, 2.05) is 0 Å². The van der Waals surface area contributed by atoms with Crippen LogP contribution in [0, 0.1) is 13.8 Å². The molecular weight excluding hydrogens is 336 g/mol. The van der Waals surface area contributed by atoms with Gasteiger partial charge >= 0.3 is 0 Å². The van der Waals surface area contributed by atoms with Crippen LogP contribution in [0.5, 0.6) is 0 Å². The van der Waals surface area contributed by atoms with Crippen molar-refractivity contribution in [3.63, 3.8) is 0 Å². The molecule has 0 heteroatoms. The Hall–Kier alpha value is -0.260. The maximum absolute atomic E-state index is 3.91. The molecule has 0 bridgehead atoms. The first kappa shape index (κ1) is 27.7.